The number of hydrogen-bond acceptors (Lipinski definition) is 5. The zero-order chi connectivity index (χ0) is 18.4. The van der Waals surface area contributed by atoms with E-state index in [1.165, 1.54) is 11.3 Å². The van der Waals surface area contributed by atoms with Gasteiger partial charge in [0.2, 0.25) is 5.91 Å². The lowest BCUT2D eigenvalue weighted by Crippen LogP contribution is -2.28. The first kappa shape index (κ1) is 16.2. The zero-order valence-corrected chi connectivity index (χ0v) is 15.5. The Morgan fingerprint density at radius 2 is 1.96 bits per heavy atom. The van der Waals surface area contributed by atoms with Crippen LogP contribution in [-0.2, 0) is 10.2 Å². The Labute approximate surface area is 160 Å². The normalized spacial score (nSPS) is 15.0. The molecule has 0 saturated heterocycles. The molecule has 2 aromatic carbocycles. The molecule has 134 valence electrons. The Hall–Kier alpha value is -2.99. The van der Waals surface area contributed by atoms with Crippen LogP contribution in [0.5, 0.6) is 0 Å². The summed E-state index contributed by atoms with van der Waals surface area (Å²) in [6, 6.07) is 17.7. The Kier molecular flexibility index (Phi) is 3.62. The van der Waals surface area contributed by atoms with E-state index < -0.39 is 5.41 Å². The molecule has 1 saturated carbocycles. The largest absolute Gasteiger partial charge is 0.356 e. The molecule has 1 amide bonds. The lowest BCUT2D eigenvalue weighted by molar-refractivity contribution is -0.118. The van der Waals surface area contributed by atoms with Crippen molar-refractivity contribution in [1.29, 1.82) is 0 Å². The summed E-state index contributed by atoms with van der Waals surface area (Å²) in [5.74, 6) is 0.618. The van der Waals surface area contributed by atoms with Gasteiger partial charge in [-0.2, -0.15) is 0 Å². The average molecular weight is 375 g/mol. The number of nitrogens with zero attached hydrogens (tertiary/aromatic N) is 2. The molecule has 0 bridgehead atoms. The third kappa shape index (κ3) is 2.73. The van der Waals surface area contributed by atoms with Crippen LogP contribution in [0, 0.1) is 6.92 Å². The molecule has 0 spiro atoms. The SMILES string of the molecule is Cc1cccc2sc(NC(=O)C3(c4cc(-c5ccccc5)on4)CC3)nc12. The quantitative estimate of drug-likeness (QED) is 0.549. The number of thiazole rings is 1. The highest BCUT2D eigenvalue weighted by Crippen LogP contribution is 2.49. The van der Waals surface area contributed by atoms with Gasteiger partial charge in [-0.3, -0.25) is 4.79 Å². The number of aryl methyl sites for hydroxylation is 1. The summed E-state index contributed by atoms with van der Waals surface area (Å²) < 4.78 is 6.57. The number of para-hydroxylation sites is 1. The van der Waals surface area contributed by atoms with Crippen LogP contribution < -0.4 is 5.32 Å². The smallest absolute Gasteiger partial charge is 0.238 e. The highest BCUT2D eigenvalue weighted by molar-refractivity contribution is 7.22. The molecule has 1 aliphatic carbocycles. The van der Waals surface area contributed by atoms with E-state index in [1.54, 1.807) is 0 Å². The Bertz CT molecular complexity index is 1140. The van der Waals surface area contributed by atoms with E-state index >= 15 is 0 Å². The molecule has 2 aromatic heterocycles. The fraction of sp³-hybridized carbons (Fsp3) is 0.190. The maximum atomic E-state index is 13.0. The van der Waals surface area contributed by atoms with Crippen LogP contribution in [0.25, 0.3) is 21.5 Å². The van der Waals surface area contributed by atoms with Crippen molar-refractivity contribution in [3.8, 4) is 11.3 Å². The van der Waals surface area contributed by atoms with Crippen molar-refractivity contribution in [2.45, 2.75) is 25.2 Å². The molecule has 27 heavy (non-hydrogen) atoms. The van der Waals surface area contributed by atoms with E-state index in [0.29, 0.717) is 16.6 Å². The fourth-order valence-corrected chi connectivity index (χ4v) is 4.26. The Morgan fingerprint density at radius 3 is 2.70 bits per heavy atom. The maximum absolute atomic E-state index is 13.0. The van der Waals surface area contributed by atoms with E-state index in [9.17, 15) is 4.79 Å². The predicted octanol–water partition coefficient (Wildman–Crippen LogP) is 4.93. The van der Waals surface area contributed by atoms with Gasteiger partial charge in [0.1, 0.15) is 0 Å². The average Bonchev–Trinajstić information content (AvgIpc) is 3.15. The number of rotatable bonds is 4. The molecule has 6 heteroatoms. The van der Waals surface area contributed by atoms with Crippen LogP contribution in [0.1, 0.15) is 24.1 Å². The molecule has 0 aliphatic heterocycles. The third-order valence-corrected chi connectivity index (χ3v) is 6.02. The van der Waals surface area contributed by atoms with Crippen molar-refractivity contribution in [1.82, 2.24) is 10.1 Å². The number of aromatic nitrogens is 2. The number of hydrogen-bond donors (Lipinski definition) is 1. The van der Waals surface area contributed by atoms with Crippen molar-refractivity contribution in [2.75, 3.05) is 5.32 Å². The monoisotopic (exact) mass is 375 g/mol. The van der Waals surface area contributed by atoms with Gasteiger partial charge in [0, 0.05) is 11.6 Å². The maximum Gasteiger partial charge on any atom is 0.238 e. The fourth-order valence-electron chi connectivity index (χ4n) is 3.32. The lowest BCUT2D eigenvalue weighted by Gasteiger charge is -2.10. The molecular formula is C21H17N3O2S. The van der Waals surface area contributed by atoms with Gasteiger partial charge >= 0.3 is 0 Å². The number of carbonyl (C=O) groups excluding carboxylic acids is 1. The zero-order valence-electron chi connectivity index (χ0n) is 14.7. The first-order valence-corrected chi connectivity index (χ1v) is 9.68. The first-order chi connectivity index (χ1) is 13.2. The molecular weight excluding hydrogens is 358 g/mol. The van der Waals surface area contributed by atoms with Gasteiger partial charge in [-0.1, -0.05) is 59.0 Å². The molecule has 2 heterocycles. The number of nitrogens with one attached hydrogen (secondary N) is 1. The first-order valence-electron chi connectivity index (χ1n) is 8.86. The molecule has 4 aromatic rings. The van der Waals surface area contributed by atoms with Crippen molar-refractivity contribution in [3.63, 3.8) is 0 Å². The summed E-state index contributed by atoms with van der Waals surface area (Å²) in [6.45, 7) is 2.02. The molecule has 0 atom stereocenters. The summed E-state index contributed by atoms with van der Waals surface area (Å²) in [5, 5.41) is 7.82. The van der Waals surface area contributed by atoms with Crippen molar-refractivity contribution in [3.05, 3.63) is 65.9 Å². The van der Waals surface area contributed by atoms with Crippen LogP contribution in [0.3, 0.4) is 0 Å². The summed E-state index contributed by atoms with van der Waals surface area (Å²) in [5.41, 5.74) is 3.08. The van der Waals surface area contributed by atoms with Gasteiger partial charge in [-0.25, -0.2) is 4.98 Å². The Balaban J connectivity index is 1.41. The minimum absolute atomic E-state index is 0.0629. The summed E-state index contributed by atoms with van der Waals surface area (Å²) in [6.07, 6.45) is 1.53. The third-order valence-electron chi connectivity index (χ3n) is 5.08. The molecule has 5 rings (SSSR count). The topological polar surface area (TPSA) is 68.0 Å². The van der Waals surface area contributed by atoms with Crippen molar-refractivity contribution in [2.24, 2.45) is 0 Å². The minimum Gasteiger partial charge on any atom is -0.356 e. The highest BCUT2D eigenvalue weighted by Gasteiger charge is 2.54. The standard InChI is InChI=1S/C21H17N3O2S/c1-13-6-5-9-16-18(13)22-20(27-16)23-19(25)21(10-11-21)17-12-15(26-24-17)14-7-3-2-4-8-14/h2-9,12H,10-11H2,1H3,(H,22,23,25). The highest BCUT2D eigenvalue weighted by atomic mass is 32.1. The van der Waals surface area contributed by atoms with Gasteiger partial charge in [-0.05, 0) is 31.4 Å². The van der Waals surface area contributed by atoms with Crippen LogP contribution >= 0.6 is 11.3 Å². The molecule has 1 fully saturated rings. The molecule has 1 N–H and O–H groups in total. The summed E-state index contributed by atoms with van der Waals surface area (Å²) >= 11 is 1.49. The number of fused-ring (bicyclic) bond motifs is 1. The van der Waals surface area contributed by atoms with E-state index in [1.807, 2.05) is 61.5 Å². The van der Waals surface area contributed by atoms with Gasteiger partial charge in [-0.15, -0.1) is 0 Å². The molecule has 0 radical (unpaired) electrons. The molecule has 0 unspecified atom stereocenters. The van der Waals surface area contributed by atoms with Gasteiger partial charge in [0.25, 0.3) is 0 Å². The number of amides is 1. The van der Waals surface area contributed by atoms with Gasteiger partial charge in [0.05, 0.1) is 21.3 Å². The number of benzene rings is 2. The van der Waals surface area contributed by atoms with E-state index in [0.717, 1.165) is 34.2 Å². The lowest BCUT2D eigenvalue weighted by atomic mass is 10.0. The second kappa shape index (κ2) is 6.03. The van der Waals surface area contributed by atoms with Crippen LogP contribution in [0.2, 0.25) is 0 Å². The summed E-state index contributed by atoms with van der Waals surface area (Å²) in [4.78, 5) is 17.6. The second-order valence-electron chi connectivity index (χ2n) is 6.92. The van der Waals surface area contributed by atoms with E-state index in [4.69, 9.17) is 4.52 Å². The van der Waals surface area contributed by atoms with Gasteiger partial charge in [0.15, 0.2) is 10.9 Å². The van der Waals surface area contributed by atoms with Crippen molar-refractivity contribution >= 4 is 32.6 Å². The van der Waals surface area contributed by atoms with E-state index in [-0.39, 0.29) is 5.91 Å². The number of carbonyl (C=O) groups is 1. The van der Waals surface area contributed by atoms with Gasteiger partial charge < -0.3 is 9.84 Å². The van der Waals surface area contributed by atoms with Crippen molar-refractivity contribution < 1.29 is 9.32 Å². The minimum atomic E-state index is -0.608. The second-order valence-corrected chi connectivity index (χ2v) is 7.95. The summed E-state index contributed by atoms with van der Waals surface area (Å²) in [7, 11) is 0. The van der Waals surface area contributed by atoms with E-state index in [2.05, 4.69) is 15.5 Å². The predicted molar refractivity (Wildman–Crippen MR) is 106 cm³/mol. The van der Waals surface area contributed by atoms with Crippen LogP contribution in [0.4, 0.5) is 5.13 Å². The van der Waals surface area contributed by atoms with Crippen LogP contribution in [0.15, 0.2) is 59.1 Å². The number of anilines is 1. The molecule has 1 aliphatic rings. The Morgan fingerprint density at radius 1 is 1.15 bits per heavy atom. The van der Waals surface area contributed by atoms with Crippen LogP contribution in [-0.4, -0.2) is 16.0 Å². The molecule has 5 nitrogen and oxygen atoms in total.